The predicted octanol–water partition coefficient (Wildman–Crippen LogP) is 2.82. The van der Waals surface area contributed by atoms with Crippen LogP contribution in [-0.2, 0) is 0 Å². The van der Waals surface area contributed by atoms with Crippen molar-refractivity contribution in [1.29, 1.82) is 5.26 Å². The number of benzene rings is 2. The minimum absolute atomic E-state index is 0.163. The molecular formula is C13H11NO2. The van der Waals surface area contributed by atoms with Gasteiger partial charge < -0.3 is 9.84 Å². The molecule has 80 valence electrons. The summed E-state index contributed by atoms with van der Waals surface area (Å²) in [6.45, 7) is 2.41. The summed E-state index contributed by atoms with van der Waals surface area (Å²) in [7, 11) is 0. The molecule has 16 heavy (non-hydrogen) atoms. The van der Waals surface area contributed by atoms with Crippen LogP contribution in [0.15, 0.2) is 30.3 Å². The number of hydrogen-bond donors (Lipinski definition) is 1. The van der Waals surface area contributed by atoms with Gasteiger partial charge in [-0.05, 0) is 25.1 Å². The molecule has 2 aromatic carbocycles. The molecule has 0 bridgehead atoms. The Morgan fingerprint density at radius 3 is 2.81 bits per heavy atom. The van der Waals surface area contributed by atoms with Gasteiger partial charge in [0.05, 0.1) is 18.2 Å². The van der Waals surface area contributed by atoms with Crippen molar-refractivity contribution in [3.05, 3.63) is 35.9 Å². The average molecular weight is 213 g/mol. The van der Waals surface area contributed by atoms with E-state index in [4.69, 9.17) is 10.00 Å². The zero-order valence-electron chi connectivity index (χ0n) is 8.90. The highest BCUT2D eigenvalue weighted by Gasteiger charge is 2.09. The number of hydrogen-bond acceptors (Lipinski definition) is 3. The van der Waals surface area contributed by atoms with Gasteiger partial charge in [-0.15, -0.1) is 0 Å². The van der Waals surface area contributed by atoms with Gasteiger partial charge in [0, 0.05) is 10.8 Å². The van der Waals surface area contributed by atoms with E-state index in [0.717, 1.165) is 0 Å². The molecule has 0 saturated carbocycles. The lowest BCUT2D eigenvalue weighted by molar-refractivity contribution is 0.344. The van der Waals surface area contributed by atoms with Crippen LogP contribution in [0.25, 0.3) is 10.8 Å². The van der Waals surface area contributed by atoms with Crippen LogP contribution >= 0.6 is 0 Å². The Morgan fingerprint density at radius 2 is 2.12 bits per heavy atom. The van der Waals surface area contributed by atoms with Gasteiger partial charge in [0.25, 0.3) is 0 Å². The number of fused-ring (bicyclic) bond motifs is 1. The van der Waals surface area contributed by atoms with Crippen molar-refractivity contribution in [3.8, 4) is 17.6 Å². The van der Waals surface area contributed by atoms with E-state index < -0.39 is 0 Å². The minimum atomic E-state index is 0.163. The van der Waals surface area contributed by atoms with Crippen LogP contribution in [0, 0.1) is 11.3 Å². The molecule has 2 aromatic rings. The molecule has 3 nitrogen and oxygen atoms in total. The third kappa shape index (κ3) is 1.55. The highest BCUT2D eigenvalue weighted by molar-refractivity contribution is 5.97. The smallest absolute Gasteiger partial charge is 0.128 e. The average Bonchev–Trinajstić information content (AvgIpc) is 2.32. The molecule has 0 heterocycles. The molecule has 0 aliphatic rings. The van der Waals surface area contributed by atoms with E-state index in [9.17, 15) is 5.11 Å². The first-order valence-corrected chi connectivity index (χ1v) is 5.05. The predicted molar refractivity (Wildman–Crippen MR) is 61.5 cm³/mol. The van der Waals surface area contributed by atoms with Gasteiger partial charge in [-0.1, -0.05) is 12.1 Å². The summed E-state index contributed by atoms with van der Waals surface area (Å²) < 4.78 is 5.45. The summed E-state index contributed by atoms with van der Waals surface area (Å²) in [6.07, 6.45) is 0. The lowest BCUT2D eigenvalue weighted by Gasteiger charge is -2.09. The largest absolute Gasteiger partial charge is 0.507 e. The van der Waals surface area contributed by atoms with Gasteiger partial charge in [-0.3, -0.25) is 0 Å². The van der Waals surface area contributed by atoms with Crippen molar-refractivity contribution in [2.75, 3.05) is 6.61 Å². The van der Waals surface area contributed by atoms with Crippen molar-refractivity contribution in [3.63, 3.8) is 0 Å². The van der Waals surface area contributed by atoms with Crippen molar-refractivity contribution in [2.24, 2.45) is 0 Å². The summed E-state index contributed by atoms with van der Waals surface area (Å²) in [4.78, 5) is 0. The first kappa shape index (κ1) is 10.3. The maximum Gasteiger partial charge on any atom is 0.128 e. The van der Waals surface area contributed by atoms with Crippen molar-refractivity contribution in [2.45, 2.75) is 6.92 Å². The fourth-order valence-corrected chi connectivity index (χ4v) is 1.73. The Balaban J connectivity index is 2.83. The third-order valence-electron chi connectivity index (χ3n) is 2.40. The van der Waals surface area contributed by atoms with Crippen molar-refractivity contribution in [1.82, 2.24) is 0 Å². The van der Waals surface area contributed by atoms with E-state index in [0.29, 0.717) is 28.7 Å². The Morgan fingerprint density at radius 1 is 1.31 bits per heavy atom. The van der Waals surface area contributed by atoms with E-state index in [2.05, 4.69) is 6.07 Å². The molecule has 0 fully saturated rings. The Bertz CT molecular complexity index is 570. The highest BCUT2D eigenvalue weighted by atomic mass is 16.5. The second kappa shape index (κ2) is 4.11. The van der Waals surface area contributed by atoms with Crippen molar-refractivity contribution >= 4 is 10.8 Å². The Hall–Kier alpha value is -2.21. The summed E-state index contributed by atoms with van der Waals surface area (Å²) in [5.74, 6) is 0.794. The van der Waals surface area contributed by atoms with Crippen molar-refractivity contribution < 1.29 is 9.84 Å². The van der Waals surface area contributed by atoms with Gasteiger partial charge in [0.1, 0.15) is 11.5 Å². The maximum atomic E-state index is 9.72. The zero-order valence-corrected chi connectivity index (χ0v) is 8.90. The fourth-order valence-electron chi connectivity index (χ4n) is 1.73. The number of phenols is 1. The Kier molecular flexibility index (Phi) is 2.65. The van der Waals surface area contributed by atoms with E-state index in [1.54, 1.807) is 30.3 Å². The van der Waals surface area contributed by atoms with Gasteiger partial charge in [-0.25, -0.2) is 0 Å². The third-order valence-corrected chi connectivity index (χ3v) is 2.40. The van der Waals surface area contributed by atoms with Crippen LogP contribution in [0.1, 0.15) is 12.5 Å². The molecule has 0 unspecified atom stereocenters. The lowest BCUT2D eigenvalue weighted by Crippen LogP contribution is -1.93. The highest BCUT2D eigenvalue weighted by Crippen LogP contribution is 2.34. The molecule has 0 saturated heterocycles. The fraction of sp³-hybridized carbons (Fsp3) is 0.154. The van der Waals surface area contributed by atoms with Crippen LogP contribution < -0.4 is 4.74 Å². The van der Waals surface area contributed by atoms with E-state index in [-0.39, 0.29) is 5.75 Å². The second-order valence-corrected chi connectivity index (χ2v) is 3.36. The minimum Gasteiger partial charge on any atom is -0.507 e. The zero-order chi connectivity index (χ0) is 11.5. The molecule has 0 radical (unpaired) electrons. The van der Waals surface area contributed by atoms with Gasteiger partial charge in [0.15, 0.2) is 0 Å². The molecule has 0 atom stereocenters. The van der Waals surface area contributed by atoms with Gasteiger partial charge in [0.2, 0.25) is 0 Å². The second-order valence-electron chi connectivity index (χ2n) is 3.36. The summed E-state index contributed by atoms with van der Waals surface area (Å²) in [5.41, 5.74) is 0.511. The standard InChI is InChI=1S/C13H11NO2/c1-2-16-12-7-6-11(15)10-5-3-4-9(8-14)13(10)12/h3-7,15H,2H2,1H3. The molecule has 0 aliphatic carbocycles. The van der Waals surface area contributed by atoms with Crippen LogP contribution in [0.4, 0.5) is 0 Å². The first-order valence-electron chi connectivity index (χ1n) is 5.05. The monoisotopic (exact) mass is 213 g/mol. The Labute approximate surface area is 93.5 Å². The number of ether oxygens (including phenoxy) is 1. The lowest BCUT2D eigenvalue weighted by atomic mass is 10.0. The molecule has 1 N–H and O–H groups in total. The van der Waals surface area contributed by atoms with Crippen LogP contribution in [0.2, 0.25) is 0 Å². The SMILES string of the molecule is CCOc1ccc(O)c2cccc(C#N)c12. The topological polar surface area (TPSA) is 53.2 Å². The maximum absolute atomic E-state index is 9.72. The normalized spacial score (nSPS) is 10.0. The quantitative estimate of drug-likeness (QED) is 0.834. The van der Waals surface area contributed by atoms with Gasteiger partial charge in [-0.2, -0.15) is 5.26 Å². The van der Waals surface area contributed by atoms with Crippen LogP contribution in [0.5, 0.6) is 11.5 Å². The van der Waals surface area contributed by atoms with E-state index in [1.165, 1.54) is 0 Å². The molecule has 0 aromatic heterocycles. The summed E-state index contributed by atoms with van der Waals surface area (Å²) in [5, 5.41) is 20.1. The summed E-state index contributed by atoms with van der Waals surface area (Å²) in [6, 6.07) is 10.6. The summed E-state index contributed by atoms with van der Waals surface area (Å²) >= 11 is 0. The first-order chi connectivity index (χ1) is 7.77. The van der Waals surface area contributed by atoms with Gasteiger partial charge >= 0.3 is 0 Å². The van der Waals surface area contributed by atoms with E-state index >= 15 is 0 Å². The molecule has 0 amide bonds. The van der Waals surface area contributed by atoms with Crippen LogP contribution in [-0.4, -0.2) is 11.7 Å². The molecule has 0 aliphatic heterocycles. The molecular weight excluding hydrogens is 202 g/mol. The number of aromatic hydroxyl groups is 1. The molecule has 2 rings (SSSR count). The number of nitriles is 1. The molecule has 0 spiro atoms. The molecule has 3 heteroatoms. The number of rotatable bonds is 2. The number of phenolic OH excluding ortho intramolecular Hbond substituents is 1. The van der Waals surface area contributed by atoms with E-state index in [1.807, 2.05) is 6.92 Å². The number of nitrogens with zero attached hydrogens (tertiary/aromatic N) is 1. The van der Waals surface area contributed by atoms with Crippen LogP contribution in [0.3, 0.4) is 0 Å².